The predicted octanol–water partition coefficient (Wildman–Crippen LogP) is 1.88. The summed E-state index contributed by atoms with van der Waals surface area (Å²) in [7, 11) is 1.40. The Morgan fingerprint density at radius 2 is 1.79 bits per heavy atom. The first-order chi connectivity index (χ1) is 11.2. The third-order valence-corrected chi connectivity index (χ3v) is 4.37. The van der Waals surface area contributed by atoms with Crippen molar-refractivity contribution in [1.29, 1.82) is 0 Å². The number of carbonyl (C=O) groups is 1. The van der Waals surface area contributed by atoms with Crippen molar-refractivity contribution in [3.8, 4) is 0 Å². The average molecular weight is 353 g/mol. The van der Waals surface area contributed by atoms with Crippen molar-refractivity contribution in [3.63, 3.8) is 0 Å². The molecule has 1 N–H and O–H groups in total. The first kappa shape index (κ1) is 21.2. The molecule has 1 aliphatic rings. The van der Waals surface area contributed by atoms with Gasteiger partial charge in [0.1, 0.15) is 0 Å². The molecule has 0 saturated carbocycles. The number of ether oxygens (including phenoxy) is 1. The molecule has 0 bridgehead atoms. The van der Waals surface area contributed by atoms with Gasteiger partial charge in [-0.15, -0.1) is 0 Å². The third kappa shape index (κ3) is 8.30. The van der Waals surface area contributed by atoms with Crippen molar-refractivity contribution < 1.29 is 22.7 Å². The van der Waals surface area contributed by atoms with Gasteiger partial charge in [0.25, 0.3) is 0 Å². The number of hydrogen-bond acceptors (Lipinski definition) is 5. The van der Waals surface area contributed by atoms with Crippen LogP contribution in [-0.4, -0.2) is 80.4 Å². The van der Waals surface area contributed by atoms with Crippen molar-refractivity contribution in [1.82, 2.24) is 15.1 Å². The van der Waals surface area contributed by atoms with E-state index < -0.39 is 12.7 Å². The molecule has 0 amide bonds. The fraction of sp³-hybridized carbons (Fsp3) is 0.938. The Morgan fingerprint density at radius 1 is 1.17 bits per heavy atom. The molecule has 0 spiro atoms. The lowest BCUT2D eigenvalue weighted by atomic mass is 10.1. The fourth-order valence-electron chi connectivity index (χ4n) is 3.17. The summed E-state index contributed by atoms with van der Waals surface area (Å²) in [5.74, 6) is -0.214. The predicted molar refractivity (Wildman–Crippen MR) is 86.9 cm³/mol. The number of rotatable bonds is 9. The van der Waals surface area contributed by atoms with Gasteiger partial charge < -0.3 is 15.0 Å². The Kier molecular flexibility index (Phi) is 9.01. The second-order valence-electron chi connectivity index (χ2n) is 6.56. The van der Waals surface area contributed by atoms with Crippen LogP contribution in [0.2, 0.25) is 0 Å². The van der Waals surface area contributed by atoms with Crippen LogP contribution in [-0.2, 0) is 9.53 Å². The number of nitrogens with zero attached hydrogens (tertiary/aromatic N) is 2. The van der Waals surface area contributed by atoms with Gasteiger partial charge in [0.05, 0.1) is 20.2 Å². The summed E-state index contributed by atoms with van der Waals surface area (Å²) in [6.45, 7) is 6.75. The molecule has 8 heteroatoms. The fourth-order valence-corrected chi connectivity index (χ4v) is 3.17. The van der Waals surface area contributed by atoms with Crippen LogP contribution >= 0.6 is 0 Å². The molecule has 0 aromatic rings. The maximum Gasteiger partial charge on any atom is 0.401 e. The molecule has 1 fully saturated rings. The second kappa shape index (κ2) is 10.2. The van der Waals surface area contributed by atoms with Crippen LogP contribution in [0.5, 0.6) is 0 Å². The van der Waals surface area contributed by atoms with Crippen LogP contribution in [0.4, 0.5) is 13.2 Å². The first-order valence-electron chi connectivity index (χ1n) is 8.55. The zero-order valence-electron chi connectivity index (χ0n) is 14.9. The van der Waals surface area contributed by atoms with E-state index in [1.807, 2.05) is 0 Å². The number of unbranched alkanes of at least 4 members (excludes halogenated alkanes) is 2. The maximum absolute atomic E-state index is 12.0. The molecule has 2 unspecified atom stereocenters. The number of nitrogens with one attached hydrogen (secondary N) is 1. The number of halogens is 3. The Balaban J connectivity index is 2.16. The van der Waals surface area contributed by atoms with Crippen molar-refractivity contribution in [2.75, 3.05) is 46.4 Å². The van der Waals surface area contributed by atoms with E-state index in [0.29, 0.717) is 13.1 Å². The zero-order chi connectivity index (χ0) is 18.2. The third-order valence-electron chi connectivity index (χ3n) is 4.37. The summed E-state index contributed by atoms with van der Waals surface area (Å²) in [5.41, 5.74) is 0. The molecule has 142 valence electrons. The van der Waals surface area contributed by atoms with E-state index in [2.05, 4.69) is 29.0 Å². The second-order valence-corrected chi connectivity index (χ2v) is 6.56. The minimum absolute atomic E-state index is 0.214. The number of esters is 1. The normalized spacial score (nSPS) is 23.4. The largest absolute Gasteiger partial charge is 0.468 e. The highest BCUT2D eigenvalue weighted by molar-refractivity contribution is 5.71. The lowest BCUT2D eigenvalue weighted by Crippen LogP contribution is -2.57. The van der Waals surface area contributed by atoms with Gasteiger partial charge in [-0.3, -0.25) is 9.69 Å². The lowest BCUT2D eigenvalue weighted by Gasteiger charge is -2.44. The number of carbonyl (C=O) groups excluding carboxylic acids is 1. The molecule has 0 aromatic heterocycles. The quantitative estimate of drug-likeness (QED) is 0.507. The van der Waals surface area contributed by atoms with Crippen molar-refractivity contribution >= 4 is 5.97 Å². The SMILES string of the molecule is COC(=O)CN1C(C)CN(CCCCCNCC(F)(F)F)CC1C. The van der Waals surface area contributed by atoms with E-state index in [-0.39, 0.29) is 18.1 Å². The summed E-state index contributed by atoms with van der Waals surface area (Å²) in [6, 6.07) is 0.558. The van der Waals surface area contributed by atoms with Crippen LogP contribution in [0, 0.1) is 0 Å². The van der Waals surface area contributed by atoms with E-state index in [1.165, 1.54) is 7.11 Å². The molecule has 1 aliphatic heterocycles. The van der Waals surface area contributed by atoms with Gasteiger partial charge in [-0.25, -0.2) is 0 Å². The molecule has 2 atom stereocenters. The highest BCUT2D eigenvalue weighted by atomic mass is 19.4. The van der Waals surface area contributed by atoms with Gasteiger partial charge in [-0.2, -0.15) is 13.2 Å². The molecule has 24 heavy (non-hydrogen) atoms. The Morgan fingerprint density at radius 3 is 2.33 bits per heavy atom. The van der Waals surface area contributed by atoms with E-state index in [1.54, 1.807) is 0 Å². The van der Waals surface area contributed by atoms with Crippen LogP contribution in [0.25, 0.3) is 0 Å². The average Bonchev–Trinajstić information content (AvgIpc) is 2.48. The summed E-state index contributed by atoms with van der Waals surface area (Å²) in [4.78, 5) is 16.0. The number of hydrogen-bond donors (Lipinski definition) is 1. The monoisotopic (exact) mass is 353 g/mol. The van der Waals surface area contributed by atoms with Crippen LogP contribution in [0.15, 0.2) is 0 Å². The van der Waals surface area contributed by atoms with Crippen molar-refractivity contribution in [2.45, 2.75) is 51.4 Å². The van der Waals surface area contributed by atoms with E-state index in [9.17, 15) is 18.0 Å². The molecular formula is C16H30F3N3O2. The molecule has 1 heterocycles. The molecule has 5 nitrogen and oxygen atoms in total. The molecule has 1 saturated heterocycles. The maximum atomic E-state index is 12.0. The van der Waals surface area contributed by atoms with E-state index in [0.717, 1.165) is 38.9 Å². The molecular weight excluding hydrogens is 323 g/mol. The van der Waals surface area contributed by atoms with Gasteiger partial charge in [-0.05, 0) is 39.8 Å². The summed E-state index contributed by atoms with van der Waals surface area (Å²) in [6.07, 6.45) is -1.49. The smallest absolute Gasteiger partial charge is 0.401 e. The van der Waals surface area contributed by atoms with Gasteiger partial charge in [0, 0.05) is 25.2 Å². The number of methoxy groups -OCH3 is 1. The first-order valence-corrected chi connectivity index (χ1v) is 8.55. The van der Waals surface area contributed by atoms with Crippen molar-refractivity contribution in [2.24, 2.45) is 0 Å². The molecule has 0 aliphatic carbocycles. The standard InChI is InChI=1S/C16H30F3N3O2/c1-13-9-21(10-14(2)22(13)11-15(23)24-3)8-6-4-5-7-20-12-16(17,18)19/h13-14,20H,4-12H2,1-3H3. The molecule has 0 aromatic carbocycles. The Labute approximate surface area is 142 Å². The number of alkyl halides is 3. The van der Waals surface area contributed by atoms with Gasteiger partial charge in [-0.1, -0.05) is 6.42 Å². The zero-order valence-corrected chi connectivity index (χ0v) is 14.9. The topological polar surface area (TPSA) is 44.8 Å². The van der Waals surface area contributed by atoms with Gasteiger partial charge >= 0.3 is 12.1 Å². The van der Waals surface area contributed by atoms with Crippen molar-refractivity contribution in [3.05, 3.63) is 0 Å². The lowest BCUT2D eigenvalue weighted by molar-refractivity contribution is -0.144. The highest BCUT2D eigenvalue weighted by Crippen LogP contribution is 2.16. The van der Waals surface area contributed by atoms with Crippen LogP contribution < -0.4 is 5.32 Å². The molecule has 0 radical (unpaired) electrons. The van der Waals surface area contributed by atoms with E-state index in [4.69, 9.17) is 4.74 Å². The van der Waals surface area contributed by atoms with Crippen LogP contribution in [0.1, 0.15) is 33.1 Å². The minimum Gasteiger partial charge on any atom is -0.468 e. The summed E-state index contributed by atoms with van der Waals surface area (Å²) >= 11 is 0. The Hall–Kier alpha value is -0.860. The summed E-state index contributed by atoms with van der Waals surface area (Å²) < 4.78 is 40.7. The minimum atomic E-state index is -4.13. The molecule has 1 rings (SSSR count). The summed E-state index contributed by atoms with van der Waals surface area (Å²) in [5, 5.41) is 2.42. The highest BCUT2D eigenvalue weighted by Gasteiger charge is 2.30. The van der Waals surface area contributed by atoms with E-state index >= 15 is 0 Å². The Bertz CT molecular complexity index is 368. The van der Waals surface area contributed by atoms with Gasteiger partial charge in [0.2, 0.25) is 0 Å². The van der Waals surface area contributed by atoms with Gasteiger partial charge in [0.15, 0.2) is 0 Å². The van der Waals surface area contributed by atoms with Crippen LogP contribution in [0.3, 0.4) is 0 Å². The number of piperazine rings is 1.